The van der Waals surface area contributed by atoms with E-state index in [-0.39, 0.29) is 6.42 Å². The summed E-state index contributed by atoms with van der Waals surface area (Å²) in [6.45, 7) is 3.96. The minimum Gasteiger partial charge on any atom is -0.447 e. The van der Waals surface area contributed by atoms with Crippen LogP contribution in [0.2, 0.25) is 0 Å². The van der Waals surface area contributed by atoms with Gasteiger partial charge >= 0.3 is 12.0 Å². The molecule has 0 heterocycles. The summed E-state index contributed by atoms with van der Waals surface area (Å²) < 4.78 is 5.39. The van der Waals surface area contributed by atoms with Crippen molar-refractivity contribution >= 4 is 17.9 Å². The molecule has 0 radical (unpaired) electrons. The third-order valence-electron chi connectivity index (χ3n) is 3.97. The van der Waals surface area contributed by atoms with Gasteiger partial charge in [0.05, 0.1) is 6.42 Å². The number of esters is 1. The van der Waals surface area contributed by atoms with E-state index in [9.17, 15) is 14.4 Å². The van der Waals surface area contributed by atoms with Gasteiger partial charge in [-0.2, -0.15) is 0 Å². The van der Waals surface area contributed by atoms with Crippen LogP contribution < -0.4 is 10.6 Å². The van der Waals surface area contributed by atoms with E-state index in [2.05, 4.69) is 10.6 Å². The SMILES string of the molecule is CNC(=O)NC(=O)[C@H](OC(=O)Cc1ccc(C)c(C)c1)c1ccccc1. The molecule has 0 saturated heterocycles. The topological polar surface area (TPSA) is 84.5 Å². The minimum absolute atomic E-state index is 0.0394. The molecule has 0 spiro atoms. The van der Waals surface area contributed by atoms with Crippen molar-refractivity contribution in [2.24, 2.45) is 0 Å². The van der Waals surface area contributed by atoms with Crippen LogP contribution in [-0.2, 0) is 20.7 Å². The molecule has 3 amide bonds. The van der Waals surface area contributed by atoms with Crippen molar-refractivity contribution in [1.29, 1.82) is 0 Å². The Bertz CT molecular complexity index is 803. The van der Waals surface area contributed by atoms with Gasteiger partial charge in [0.2, 0.25) is 6.10 Å². The van der Waals surface area contributed by atoms with Crippen molar-refractivity contribution in [2.75, 3.05) is 7.05 Å². The molecule has 0 aromatic heterocycles. The second-order valence-corrected chi connectivity index (χ2v) is 5.94. The fourth-order valence-corrected chi connectivity index (χ4v) is 2.39. The van der Waals surface area contributed by atoms with Gasteiger partial charge in [-0.3, -0.25) is 14.9 Å². The summed E-state index contributed by atoms with van der Waals surface area (Å²) in [5.41, 5.74) is 3.50. The van der Waals surface area contributed by atoms with Gasteiger partial charge in [0, 0.05) is 12.6 Å². The normalized spacial score (nSPS) is 11.3. The summed E-state index contributed by atoms with van der Waals surface area (Å²) in [4.78, 5) is 36.1. The summed E-state index contributed by atoms with van der Waals surface area (Å²) in [5, 5.41) is 4.44. The molecule has 0 saturated carbocycles. The Morgan fingerprint density at radius 1 is 1.00 bits per heavy atom. The molecule has 6 heteroatoms. The lowest BCUT2D eigenvalue weighted by Crippen LogP contribution is -2.41. The number of benzene rings is 2. The summed E-state index contributed by atoms with van der Waals surface area (Å²) >= 11 is 0. The van der Waals surface area contributed by atoms with Crippen molar-refractivity contribution in [3.8, 4) is 0 Å². The second kappa shape index (κ2) is 8.80. The Morgan fingerprint density at radius 3 is 2.31 bits per heavy atom. The van der Waals surface area contributed by atoms with Crippen LogP contribution in [0.4, 0.5) is 4.79 Å². The van der Waals surface area contributed by atoms with Crippen molar-refractivity contribution in [3.05, 3.63) is 70.8 Å². The van der Waals surface area contributed by atoms with Crippen molar-refractivity contribution < 1.29 is 19.1 Å². The third-order valence-corrected chi connectivity index (χ3v) is 3.97. The van der Waals surface area contributed by atoms with Crippen LogP contribution in [0.3, 0.4) is 0 Å². The Labute approximate surface area is 152 Å². The molecule has 136 valence electrons. The Kier molecular flexibility index (Phi) is 6.49. The average molecular weight is 354 g/mol. The van der Waals surface area contributed by atoms with Gasteiger partial charge in [0.25, 0.3) is 5.91 Å². The van der Waals surface area contributed by atoms with Crippen LogP contribution in [0.25, 0.3) is 0 Å². The number of amides is 3. The van der Waals surface area contributed by atoms with E-state index >= 15 is 0 Å². The monoisotopic (exact) mass is 354 g/mol. The van der Waals surface area contributed by atoms with Gasteiger partial charge in [-0.15, -0.1) is 0 Å². The fraction of sp³-hybridized carbons (Fsp3) is 0.250. The number of rotatable bonds is 5. The smallest absolute Gasteiger partial charge is 0.321 e. The first-order chi connectivity index (χ1) is 12.4. The highest BCUT2D eigenvalue weighted by Gasteiger charge is 2.26. The molecule has 0 aliphatic rings. The molecule has 2 N–H and O–H groups in total. The largest absolute Gasteiger partial charge is 0.447 e. The summed E-state index contributed by atoms with van der Waals surface area (Å²) in [6, 6.07) is 13.6. The zero-order valence-corrected chi connectivity index (χ0v) is 15.0. The number of imide groups is 1. The quantitative estimate of drug-likeness (QED) is 0.808. The van der Waals surface area contributed by atoms with E-state index in [4.69, 9.17) is 4.74 Å². The van der Waals surface area contributed by atoms with Crippen molar-refractivity contribution in [2.45, 2.75) is 26.4 Å². The predicted molar refractivity (Wildman–Crippen MR) is 97.5 cm³/mol. The number of carbonyl (C=O) groups excluding carboxylic acids is 3. The zero-order chi connectivity index (χ0) is 19.1. The molecule has 2 rings (SSSR count). The van der Waals surface area contributed by atoms with Gasteiger partial charge in [0.1, 0.15) is 0 Å². The molecular weight excluding hydrogens is 332 g/mol. The standard InChI is InChI=1S/C20H22N2O4/c1-13-9-10-15(11-14(13)2)12-17(23)26-18(16-7-5-4-6-8-16)19(24)22-20(25)21-3/h4-11,18H,12H2,1-3H3,(H2,21,22,24,25)/t18-/m1/s1. The maximum absolute atomic E-state index is 12.4. The molecule has 2 aromatic carbocycles. The molecule has 0 bridgehead atoms. The summed E-state index contributed by atoms with van der Waals surface area (Å²) in [7, 11) is 1.39. The lowest BCUT2D eigenvalue weighted by Gasteiger charge is -2.17. The van der Waals surface area contributed by atoms with Gasteiger partial charge in [-0.1, -0.05) is 48.5 Å². The second-order valence-electron chi connectivity index (χ2n) is 5.94. The number of hydrogen-bond donors (Lipinski definition) is 2. The molecule has 2 aromatic rings. The maximum atomic E-state index is 12.4. The van der Waals surface area contributed by atoms with Crippen LogP contribution >= 0.6 is 0 Å². The molecule has 26 heavy (non-hydrogen) atoms. The Morgan fingerprint density at radius 2 is 1.69 bits per heavy atom. The summed E-state index contributed by atoms with van der Waals surface area (Å²) in [5.74, 6) is -1.25. The first-order valence-corrected chi connectivity index (χ1v) is 8.24. The average Bonchev–Trinajstić information content (AvgIpc) is 2.63. The molecule has 1 atom stereocenters. The third kappa shape index (κ3) is 5.17. The first kappa shape index (κ1) is 19.2. The van der Waals surface area contributed by atoms with Crippen LogP contribution in [0.5, 0.6) is 0 Å². The van der Waals surface area contributed by atoms with Gasteiger partial charge in [-0.25, -0.2) is 4.79 Å². The van der Waals surface area contributed by atoms with E-state index in [1.807, 2.05) is 32.0 Å². The number of urea groups is 1. The molecule has 6 nitrogen and oxygen atoms in total. The maximum Gasteiger partial charge on any atom is 0.321 e. The van der Waals surface area contributed by atoms with Gasteiger partial charge in [-0.05, 0) is 30.5 Å². The van der Waals surface area contributed by atoms with Crippen LogP contribution in [-0.4, -0.2) is 25.0 Å². The number of carbonyl (C=O) groups is 3. The lowest BCUT2D eigenvalue weighted by atomic mass is 10.0. The predicted octanol–water partition coefficient (Wildman–Crippen LogP) is 2.59. The molecule has 0 fully saturated rings. The van der Waals surface area contributed by atoms with Gasteiger partial charge < -0.3 is 10.1 Å². The molecular formula is C20H22N2O4. The molecule has 0 aliphatic carbocycles. The van der Waals surface area contributed by atoms with E-state index in [1.54, 1.807) is 30.3 Å². The van der Waals surface area contributed by atoms with E-state index in [0.29, 0.717) is 5.56 Å². The Balaban J connectivity index is 2.14. The van der Waals surface area contributed by atoms with Crippen molar-refractivity contribution in [3.63, 3.8) is 0 Å². The number of nitrogens with one attached hydrogen (secondary N) is 2. The number of aryl methyl sites for hydroxylation is 2. The first-order valence-electron chi connectivity index (χ1n) is 8.24. The highest BCUT2D eigenvalue weighted by atomic mass is 16.5. The summed E-state index contributed by atoms with van der Waals surface area (Å²) in [6.07, 6.45) is -1.16. The van der Waals surface area contributed by atoms with Crippen molar-refractivity contribution in [1.82, 2.24) is 10.6 Å². The lowest BCUT2D eigenvalue weighted by molar-refractivity contribution is -0.155. The zero-order valence-electron chi connectivity index (χ0n) is 15.0. The van der Waals surface area contributed by atoms with Gasteiger partial charge in [0.15, 0.2) is 0 Å². The highest BCUT2D eigenvalue weighted by Crippen LogP contribution is 2.19. The van der Waals surface area contributed by atoms with E-state index < -0.39 is 24.0 Å². The van der Waals surface area contributed by atoms with Crippen LogP contribution in [0.15, 0.2) is 48.5 Å². The number of ether oxygens (including phenoxy) is 1. The molecule has 0 aliphatic heterocycles. The van der Waals surface area contributed by atoms with E-state index in [0.717, 1.165) is 16.7 Å². The minimum atomic E-state index is -1.20. The van der Waals surface area contributed by atoms with E-state index in [1.165, 1.54) is 7.05 Å². The highest BCUT2D eigenvalue weighted by molar-refractivity contribution is 5.97. The van der Waals surface area contributed by atoms with Crippen LogP contribution in [0, 0.1) is 13.8 Å². The van der Waals surface area contributed by atoms with Crippen LogP contribution in [0.1, 0.15) is 28.4 Å². The molecule has 0 unspecified atom stereocenters. The fourth-order valence-electron chi connectivity index (χ4n) is 2.39. The Hall–Kier alpha value is -3.15. The number of hydrogen-bond acceptors (Lipinski definition) is 4.